The number of nitrogens with one attached hydrogen (secondary N) is 1. The molecule has 0 bridgehead atoms. The smallest absolute Gasteiger partial charge is 0.262 e. The van der Waals surface area contributed by atoms with Gasteiger partial charge < -0.3 is 5.32 Å². The van der Waals surface area contributed by atoms with E-state index in [4.69, 9.17) is 5.26 Å². The summed E-state index contributed by atoms with van der Waals surface area (Å²) in [6.45, 7) is 1.78. The van der Waals surface area contributed by atoms with Crippen LogP contribution in [0.1, 0.15) is 24.1 Å². The first-order valence-electron chi connectivity index (χ1n) is 6.93. The zero-order chi connectivity index (χ0) is 16.8. The molecule has 1 amide bonds. The second kappa shape index (κ2) is 7.32. The van der Waals surface area contributed by atoms with Crippen molar-refractivity contribution in [2.75, 3.05) is 0 Å². The fourth-order valence-corrected chi connectivity index (χ4v) is 2.07. The quantitative estimate of drug-likeness (QED) is 0.690. The molecule has 5 heteroatoms. The number of carbonyl (C=O) groups is 1. The van der Waals surface area contributed by atoms with Gasteiger partial charge in [0.05, 0.1) is 6.04 Å². The summed E-state index contributed by atoms with van der Waals surface area (Å²) in [6, 6.07) is 13.5. The van der Waals surface area contributed by atoms with Crippen LogP contribution in [-0.4, -0.2) is 5.91 Å². The number of hydrogen-bond acceptors (Lipinski definition) is 2. The van der Waals surface area contributed by atoms with Crippen molar-refractivity contribution in [2.45, 2.75) is 13.0 Å². The van der Waals surface area contributed by atoms with Gasteiger partial charge in [0.15, 0.2) is 0 Å². The first-order valence-corrected chi connectivity index (χ1v) is 6.93. The van der Waals surface area contributed by atoms with Gasteiger partial charge in [-0.3, -0.25) is 4.79 Å². The second-order valence-corrected chi connectivity index (χ2v) is 4.98. The van der Waals surface area contributed by atoms with E-state index < -0.39 is 17.5 Å². The lowest BCUT2D eigenvalue weighted by Gasteiger charge is -2.13. The monoisotopic (exact) mass is 312 g/mol. The average Bonchev–Trinajstić information content (AvgIpc) is 2.52. The van der Waals surface area contributed by atoms with Gasteiger partial charge in [-0.1, -0.05) is 30.3 Å². The van der Waals surface area contributed by atoms with Crippen LogP contribution in [0.2, 0.25) is 0 Å². The van der Waals surface area contributed by atoms with E-state index in [2.05, 4.69) is 5.32 Å². The summed E-state index contributed by atoms with van der Waals surface area (Å²) in [5.41, 5.74) is 0.772. The Hall–Kier alpha value is -3.00. The van der Waals surface area contributed by atoms with Crippen molar-refractivity contribution in [2.24, 2.45) is 0 Å². The third-order valence-electron chi connectivity index (χ3n) is 3.21. The van der Waals surface area contributed by atoms with Crippen LogP contribution in [0.15, 0.2) is 54.1 Å². The van der Waals surface area contributed by atoms with Crippen molar-refractivity contribution in [3.05, 3.63) is 76.9 Å². The summed E-state index contributed by atoms with van der Waals surface area (Å²) in [5, 5.41) is 11.8. The van der Waals surface area contributed by atoms with Gasteiger partial charge in [-0.15, -0.1) is 0 Å². The van der Waals surface area contributed by atoms with E-state index in [9.17, 15) is 13.6 Å². The molecule has 0 heterocycles. The molecule has 0 aliphatic carbocycles. The molecule has 2 rings (SSSR count). The number of halogens is 2. The summed E-state index contributed by atoms with van der Waals surface area (Å²) in [5.74, 6) is -2.15. The predicted molar refractivity (Wildman–Crippen MR) is 82.9 cm³/mol. The number of amides is 1. The van der Waals surface area contributed by atoms with Crippen molar-refractivity contribution in [1.82, 2.24) is 5.32 Å². The summed E-state index contributed by atoms with van der Waals surface area (Å²) in [6.07, 6.45) is 1.15. The van der Waals surface area contributed by atoms with Crippen molar-refractivity contribution < 1.29 is 13.6 Å². The van der Waals surface area contributed by atoms with Crippen LogP contribution in [0.3, 0.4) is 0 Å². The van der Waals surface area contributed by atoms with Crippen molar-refractivity contribution >= 4 is 12.0 Å². The molecule has 1 N–H and O–H groups in total. The molecule has 0 saturated heterocycles. The highest BCUT2D eigenvalue weighted by molar-refractivity contribution is 6.01. The molecule has 0 aromatic heterocycles. The first-order chi connectivity index (χ1) is 11.0. The highest BCUT2D eigenvalue weighted by Gasteiger charge is 2.14. The third-order valence-corrected chi connectivity index (χ3v) is 3.21. The highest BCUT2D eigenvalue weighted by Crippen LogP contribution is 2.14. The minimum absolute atomic E-state index is 0.113. The van der Waals surface area contributed by atoms with Crippen LogP contribution < -0.4 is 5.32 Å². The van der Waals surface area contributed by atoms with Crippen molar-refractivity contribution in [1.29, 1.82) is 5.26 Å². The number of carbonyl (C=O) groups excluding carboxylic acids is 1. The van der Waals surface area contributed by atoms with Gasteiger partial charge in [-0.2, -0.15) is 5.26 Å². The maximum Gasteiger partial charge on any atom is 0.262 e. The Balaban J connectivity index is 2.18. The zero-order valence-electron chi connectivity index (χ0n) is 12.4. The number of benzene rings is 2. The fourth-order valence-electron chi connectivity index (χ4n) is 2.07. The van der Waals surface area contributed by atoms with E-state index in [-0.39, 0.29) is 17.2 Å². The van der Waals surface area contributed by atoms with Crippen LogP contribution in [0.5, 0.6) is 0 Å². The molecule has 0 fully saturated rings. The minimum atomic E-state index is -0.772. The summed E-state index contributed by atoms with van der Waals surface area (Å²) in [7, 11) is 0. The van der Waals surface area contributed by atoms with Crippen LogP contribution >= 0.6 is 0 Å². The molecule has 0 saturated carbocycles. The van der Waals surface area contributed by atoms with Crippen LogP contribution in [-0.2, 0) is 4.79 Å². The Morgan fingerprint density at radius 2 is 1.78 bits per heavy atom. The van der Waals surface area contributed by atoms with Crippen LogP contribution in [0.4, 0.5) is 8.78 Å². The fraction of sp³-hybridized carbons (Fsp3) is 0.111. The molecular weight excluding hydrogens is 298 g/mol. The van der Waals surface area contributed by atoms with E-state index in [1.54, 1.807) is 13.0 Å². The van der Waals surface area contributed by atoms with Gasteiger partial charge in [-0.25, -0.2) is 8.78 Å². The SMILES string of the molecule is CC(NC(=O)/C(C#N)=C\c1cc(F)cc(F)c1)c1ccccc1. The topological polar surface area (TPSA) is 52.9 Å². The van der Waals surface area contributed by atoms with E-state index in [1.165, 1.54) is 0 Å². The third kappa shape index (κ3) is 4.48. The highest BCUT2D eigenvalue weighted by atomic mass is 19.1. The maximum atomic E-state index is 13.2. The summed E-state index contributed by atoms with van der Waals surface area (Å²) >= 11 is 0. The lowest BCUT2D eigenvalue weighted by Crippen LogP contribution is -2.27. The summed E-state index contributed by atoms with van der Waals surface area (Å²) < 4.78 is 26.3. The second-order valence-electron chi connectivity index (χ2n) is 4.98. The molecule has 1 unspecified atom stereocenters. The Morgan fingerprint density at radius 3 is 2.35 bits per heavy atom. The van der Waals surface area contributed by atoms with Crippen molar-refractivity contribution in [3.8, 4) is 6.07 Å². The van der Waals surface area contributed by atoms with Gasteiger partial charge in [0, 0.05) is 6.07 Å². The Labute approximate surface area is 132 Å². The predicted octanol–water partition coefficient (Wildman–Crippen LogP) is 3.75. The number of nitrogens with zero attached hydrogens (tertiary/aromatic N) is 1. The molecule has 0 spiro atoms. The Morgan fingerprint density at radius 1 is 1.17 bits per heavy atom. The zero-order valence-corrected chi connectivity index (χ0v) is 12.4. The van der Waals surface area contributed by atoms with E-state index in [1.807, 2.05) is 30.3 Å². The molecule has 0 radical (unpaired) electrons. The van der Waals surface area contributed by atoms with Crippen LogP contribution in [0.25, 0.3) is 6.08 Å². The molecule has 3 nitrogen and oxygen atoms in total. The van der Waals surface area contributed by atoms with Crippen LogP contribution in [0, 0.1) is 23.0 Å². The van der Waals surface area contributed by atoms with E-state index in [0.717, 1.165) is 29.8 Å². The first kappa shape index (κ1) is 16.4. The van der Waals surface area contributed by atoms with Gasteiger partial charge in [0.1, 0.15) is 23.3 Å². The molecule has 2 aromatic carbocycles. The van der Waals surface area contributed by atoms with E-state index >= 15 is 0 Å². The molecule has 0 aliphatic heterocycles. The number of rotatable bonds is 4. The minimum Gasteiger partial charge on any atom is -0.345 e. The molecular formula is C18H14F2N2O. The summed E-state index contributed by atoms with van der Waals surface area (Å²) in [4.78, 5) is 12.1. The molecule has 23 heavy (non-hydrogen) atoms. The number of nitriles is 1. The van der Waals surface area contributed by atoms with Crippen molar-refractivity contribution in [3.63, 3.8) is 0 Å². The maximum absolute atomic E-state index is 13.2. The lowest BCUT2D eigenvalue weighted by molar-refractivity contribution is -0.117. The van der Waals surface area contributed by atoms with Gasteiger partial charge >= 0.3 is 0 Å². The van der Waals surface area contributed by atoms with Gasteiger partial charge in [-0.05, 0) is 36.3 Å². The lowest BCUT2D eigenvalue weighted by atomic mass is 10.1. The van der Waals surface area contributed by atoms with Gasteiger partial charge in [0.25, 0.3) is 5.91 Å². The Kier molecular flexibility index (Phi) is 5.21. The molecule has 1 atom stereocenters. The standard InChI is InChI=1S/C18H14F2N2O/c1-12(14-5-3-2-4-6-14)22-18(23)15(11-21)7-13-8-16(19)10-17(20)9-13/h2-10,12H,1H3,(H,22,23)/b15-7-. The van der Waals surface area contributed by atoms with Gasteiger partial charge in [0.2, 0.25) is 0 Å². The largest absolute Gasteiger partial charge is 0.345 e. The number of hydrogen-bond donors (Lipinski definition) is 1. The normalized spacial score (nSPS) is 12.3. The average molecular weight is 312 g/mol. The Bertz CT molecular complexity index is 759. The molecule has 116 valence electrons. The molecule has 0 aliphatic rings. The molecule has 2 aromatic rings. The van der Waals surface area contributed by atoms with E-state index in [0.29, 0.717) is 0 Å².